The van der Waals surface area contributed by atoms with Crippen LogP contribution in [-0.4, -0.2) is 23.7 Å². The van der Waals surface area contributed by atoms with Crippen LogP contribution in [0.3, 0.4) is 0 Å². The number of nitrogens with zero attached hydrogens (tertiary/aromatic N) is 1. The number of rotatable bonds is 6. The van der Waals surface area contributed by atoms with E-state index in [1.165, 1.54) is 12.1 Å². The molecule has 24 heavy (non-hydrogen) atoms. The molecule has 8 heteroatoms. The summed E-state index contributed by atoms with van der Waals surface area (Å²) in [5, 5.41) is 13.3. The van der Waals surface area contributed by atoms with Gasteiger partial charge in [0.2, 0.25) is 0 Å². The second kappa shape index (κ2) is 7.69. The van der Waals surface area contributed by atoms with Gasteiger partial charge in [-0.1, -0.05) is 22.0 Å². The summed E-state index contributed by atoms with van der Waals surface area (Å²) in [7, 11) is 0. The molecular formula is C16H13BrN2O5. The third-order valence-electron chi connectivity index (χ3n) is 3.16. The Morgan fingerprint density at radius 2 is 2.08 bits per heavy atom. The number of benzene rings is 2. The minimum Gasteiger partial charge on any atom is -0.483 e. The van der Waals surface area contributed by atoms with Gasteiger partial charge in [0.05, 0.1) is 16.2 Å². The number of non-ortho nitro benzene ring substituents is 1. The topological polar surface area (TPSA) is 98.5 Å². The number of nitrogens with one attached hydrogen (secondary N) is 1. The first-order valence-electron chi connectivity index (χ1n) is 6.83. The van der Waals surface area contributed by atoms with E-state index < -0.39 is 10.8 Å². The average molecular weight is 393 g/mol. The molecule has 0 aromatic heterocycles. The quantitative estimate of drug-likeness (QED) is 0.460. The molecule has 2 aromatic rings. The fraction of sp³-hybridized carbons (Fsp3) is 0.125. The molecule has 2 aromatic carbocycles. The van der Waals surface area contributed by atoms with Gasteiger partial charge in [-0.2, -0.15) is 0 Å². The number of aryl methyl sites for hydroxylation is 1. The summed E-state index contributed by atoms with van der Waals surface area (Å²) in [6, 6.07) is 9.02. The van der Waals surface area contributed by atoms with Crippen LogP contribution >= 0.6 is 15.9 Å². The number of aldehydes is 1. The molecule has 0 bridgehead atoms. The van der Waals surface area contributed by atoms with Crippen molar-refractivity contribution in [3.8, 4) is 5.75 Å². The minimum atomic E-state index is -0.538. The van der Waals surface area contributed by atoms with E-state index in [2.05, 4.69) is 21.2 Å². The van der Waals surface area contributed by atoms with Gasteiger partial charge in [-0.3, -0.25) is 19.7 Å². The Hall–Kier alpha value is -2.74. The summed E-state index contributed by atoms with van der Waals surface area (Å²) in [5.41, 5.74) is 1.21. The summed E-state index contributed by atoms with van der Waals surface area (Å²) < 4.78 is 6.05. The summed E-state index contributed by atoms with van der Waals surface area (Å²) in [4.78, 5) is 33.2. The number of carbonyl (C=O) groups is 2. The van der Waals surface area contributed by atoms with E-state index in [0.717, 1.165) is 0 Å². The first-order chi connectivity index (χ1) is 11.4. The highest BCUT2D eigenvalue weighted by Crippen LogP contribution is 2.23. The zero-order valence-electron chi connectivity index (χ0n) is 12.6. The zero-order chi connectivity index (χ0) is 17.7. The van der Waals surface area contributed by atoms with Crippen molar-refractivity contribution in [1.29, 1.82) is 0 Å². The fourth-order valence-electron chi connectivity index (χ4n) is 1.93. The molecule has 0 aliphatic rings. The third kappa shape index (κ3) is 4.39. The van der Waals surface area contributed by atoms with Crippen molar-refractivity contribution in [3.05, 3.63) is 62.1 Å². The highest BCUT2D eigenvalue weighted by molar-refractivity contribution is 9.10. The van der Waals surface area contributed by atoms with Gasteiger partial charge in [0.1, 0.15) is 5.75 Å². The number of carbonyl (C=O) groups excluding carboxylic acids is 2. The molecule has 0 aliphatic carbocycles. The normalized spacial score (nSPS) is 10.1. The van der Waals surface area contributed by atoms with Crippen LogP contribution in [0.4, 0.5) is 11.4 Å². The van der Waals surface area contributed by atoms with E-state index in [4.69, 9.17) is 4.74 Å². The minimum absolute atomic E-state index is 0.118. The Morgan fingerprint density at radius 3 is 2.75 bits per heavy atom. The number of ether oxygens (including phenoxy) is 1. The van der Waals surface area contributed by atoms with Gasteiger partial charge in [0.15, 0.2) is 12.9 Å². The molecule has 0 saturated carbocycles. The first kappa shape index (κ1) is 17.6. The van der Waals surface area contributed by atoms with Crippen LogP contribution in [0.5, 0.6) is 5.75 Å². The van der Waals surface area contributed by atoms with Crippen molar-refractivity contribution in [2.24, 2.45) is 0 Å². The van der Waals surface area contributed by atoms with Crippen LogP contribution in [0, 0.1) is 17.0 Å². The molecule has 0 saturated heterocycles. The van der Waals surface area contributed by atoms with Gasteiger partial charge in [-0.05, 0) is 30.7 Å². The Morgan fingerprint density at radius 1 is 1.33 bits per heavy atom. The Labute approximate surface area is 145 Å². The lowest BCUT2D eigenvalue weighted by Crippen LogP contribution is -2.21. The second-order valence-electron chi connectivity index (χ2n) is 4.89. The first-order valence-corrected chi connectivity index (χ1v) is 7.62. The van der Waals surface area contributed by atoms with Crippen molar-refractivity contribution >= 4 is 39.5 Å². The average Bonchev–Trinajstić information content (AvgIpc) is 2.55. The van der Waals surface area contributed by atoms with Gasteiger partial charge < -0.3 is 10.1 Å². The molecular weight excluding hydrogens is 380 g/mol. The van der Waals surface area contributed by atoms with Crippen LogP contribution in [0.2, 0.25) is 0 Å². The molecule has 1 amide bonds. The lowest BCUT2D eigenvalue weighted by molar-refractivity contribution is -0.384. The Balaban J connectivity index is 2.05. The molecule has 0 atom stereocenters. The summed E-state index contributed by atoms with van der Waals surface area (Å²) >= 11 is 3.24. The van der Waals surface area contributed by atoms with Crippen molar-refractivity contribution in [2.45, 2.75) is 6.92 Å². The number of amides is 1. The van der Waals surface area contributed by atoms with Crippen LogP contribution in [-0.2, 0) is 4.79 Å². The molecule has 1 N–H and O–H groups in total. The molecule has 124 valence electrons. The van der Waals surface area contributed by atoms with E-state index in [9.17, 15) is 19.7 Å². The molecule has 0 aliphatic heterocycles. The number of nitro benzene ring substituents is 1. The maximum Gasteiger partial charge on any atom is 0.271 e. The van der Waals surface area contributed by atoms with Gasteiger partial charge in [0.25, 0.3) is 11.6 Å². The summed E-state index contributed by atoms with van der Waals surface area (Å²) in [6.07, 6.45) is 0.628. The number of hydrogen-bond acceptors (Lipinski definition) is 5. The predicted molar refractivity (Wildman–Crippen MR) is 91.5 cm³/mol. The van der Waals surface area contributed by atoms with E-state index in [0.29, 0.717) is 27.6 Å². The molecule has 0 heterocycles. The van der Waals surface area contributed by atoms with Gasteiger partial charge in [-0.25, -0.2) is 0 Å². The van der Waals surface area contributed by atoms with E-state index in [1.54, 1.807) is 31.2 Å². The summed E-state index contributed by atoms with van der Waals surface area (Å²) in [5.74, 6) is -0.211. The van der Waals surface area contributed by atoms with Crippen LogP contribution in [0.15, 0.2) is 40.9 Å². The smallest absolute Gasteiger partial charge is 0.271 e. The van der Waals surface area contributed by atoms with Crippen molar-refractivity contribution in [2.75, 3.05) is 11.9 Å². The standard InChI is InChI=1S/C16H13BrN2O5/c1-10-2-4-13(19(22)23)7-14(10)18-16(21)9-24-15-5-3-12(17)6-11(15)8-20/h2-8H,9H2,1H3,(H,18,21). The lowest BCUT2D eigenvalue weighted by atomic mass is 10.2. The number of anilines is 1. The fourth-order valence-corrected chi connectivity index (χ4v) is 2.31. The monoisotopic (exact) mass is 392 g/mol. The van der Waals surface area contributed by atoms with Crippen molar-refractivity contribution < 1.29 is 19.2 Å². The van der Waals surface area contributed by atoms with Crippen LogP contribution in [0.1, 0.15) is 15.9 Å². The number of halogens is 1. The number of hydrogen-bond donors (Lipinski definition) is 1. The Kier molecular flexibility index (Phi) is 5.64. The van der Waals surface area contributed by atoms with Crippen molar-refractivity contribution in [3.63, 3.8) is 0 Å². The predicted octanol–water partition coefficient (Wildman–Crippen LogP) is 3.50. The van der Waals surface area contributed by atoms with E-state index in [1.807, 2.05) is 0 Å². The van der Waals surface area contributed by atoms with Gasteiger partial charge >= 0.3 is 0 Å². The van der Waals surface area contributed by atoms with Crippen LogP contribution in [0.25, 0.3) is 0 Å². The SMILES string of the molecule is Cc1ccc([N+](=O)[O-])cc1NC(=O)COc1ccc(Br)cc1C=O. The highest BCUT2D eigenvalue weighted by atomic mass is 79.9. The van der Waals surface area contributed by atoms with E-state index in [-0.39, 0.29) is 18.0 Å². The zero-order valence-corrected chi connectivity index (χ0v) is 14.2. The lowest BCUT2D eigenvalue weighted by Gasteiger charge is -2.11. The number of nitro groups is 1. The van der Waals surface area contributed by atoms with Crippen molar-refractivity contribution in [1.82, 2.24) is 0 Å². The molecule has 0 fully saturated rings. The maximum absolute atomic E-state index is 12.0. The highest BCUT2D eigenvalue weighted by Gasteiger charge is 2.12. The molecule has 2 rings (SSSR count). The Bertz CT molecular complexity index is 807. The maximum atomic E-state index is 12.0. The molecule has 7 nitrogen and oxygen atoms in total. The van der Waals surface area contributed by atoms with Gasteiger partial charge in [-0.15, -0.1) is 0 Å². The molecule has 0 radical (unpaired) electrons. The van der Waals surface area contributed by atoms with E-state index >= 15 is 0 Å². The third-order valence-corrected chi connectivity index (χ3v) is 3.66. The largest absolute Gasteiger partial charge is 0.483 e. The summed E-state index contributed by atoms with van der Waals surface area (Å²) in [6.45, 7) is 1.39. The second-order valence-corrected chi connectivity index (χ2v) is 5.81. The van der Waals surface area contributed by atoms with Gasteiger partial charge in [0, 0.05) is 16.6 Å². The molecule has 0 spiro atoms. The molecule has 0 unspecified atom stereocenters. The van der Waals surface area contributed by atoms with Crippen LogP contribution < -0.4 is 10.1 Å².